The summed E-state index contributed by atoms with van der Waals surface area (Å²) in [7, 11) is 1.64. The molecule has 17 heavy (non-hydrogen) atoms. The number of methoxy groups -OCH3 is 1. The molecule has 0 radical (unpaired) electrons. The number of rotatable bonds is 3. The van der Waals surface area contributed by atoms with E-state index in [2.05, 4.69) is 4.98 Å². The summed E-state index contributed by atoms with van der Waals surface area (Å²) in [6.07, 6.45) is 0. The van der Waals surface area contributed by atoms with Crippen LogP contribution in [0.25, 0.3) is 11.3 Å². The van der Waals surface area contributed by atoms with Gasteiger partial charge in [0.2, 0.25) is 5.89 Å². The number of aromatic nitrogens is 1. The number of halogens is 1. The van der Waals surface area contributed by atoms with E-state index in [1.54, 1.807) is 7.11 Å². The Balaban J connectivity index is 2.38. The van der Waals surface area contributed by atoms with Crippen LogP contribution in [-0.2, 0) is 0 Å². The molecule has 1 aromatic carbocycles. The quantitative estimate of drug-likeness (QED) is 0.775. The first-order valence-electron chi connectivity index (χ1n) is 5.37. The first kappa shape index (κ1) is 12.0. The van der Waals surface area contributed by atoms with Crippen molar-refractivity contribution in [2.45, 2.75) is 19.2 Å². The molecule has 1 unspecified atom stereocenters. The number of alkyl halides is 1. The summed E-state index contributed by atoms with van der Waals surface area (Å²) in [5.41, 5.74) is 1.82. The van der Waals surface area contributed by atoms with Crippen LogP contribution in [0.5, 0.6) is 5.75 Å². The zero-order valence-electron chi connectivity index (χ0n) is 10.0. The van der Waals surface area contributed by atoms with Crippen LogP contribution in [0, 0.1) is 6.92 Å². The van der Waals surface area contributed by atoms with Gasteiger partial charge in [0.1, 0.15) is 11.1 Å². The van der Waals surface area contributed by atoms with Crippen LogP contribution in [0.3, 0.4) is 0 Å². The van der Waals surface area contributed by atoms with E-state index >= 15 is 0 Å². The minimum atomic E-state index is -0.222. The van der Waals surface area contributed by atoms with Gasteiger partial charge in [-0.1, -0.05) is 0 Å². The highest BCUT2D eigenvalue weighted by atomic mass is 35.5. The number of ether oxygens (including phenoxy) is 1. The van der Waals surface area contributed by atoms with Crippen LogP contribution < -0.4 is 4.74 Å². The topological polar surface area (TPSA) is 35.3 Å². The largest absolute Gasteiger partial charge is 0.497 e. The van der Waals surface area contributed by atoms with Crippen molar-refractivity contribution < 1.29 is 9.15 Å². The predicted molar refractivity (Wildman–Crippen MR) is 67.5 cm³/mol. The summed E-state index contributed by atoms with van der Waals surface area (Å²) in [6.45, 7) is 3.75. The van der Waals surface area contributed by atoms with E-state index in [0.29, 0.717) is 5.89 Å². The third-order valence-corrected chi connectivity index (χ3v) is 2.69. The highest BCUT2D eigenvalue weighted by molar-refractivity contribution is 6.20. The molecule has 0 aliphatic heterocycles. The van der Waals surface area contributed by atoms with Gasteiger partial charge in [-0.15, -0.1) is 11.6 Å². The summed E-state index contributed by atoms with van der Waals surface area (Å²) in [5, 5.41) is -0.222. The molecule has 2 aromatic rings. The fourth-order valence-corrected chi connectivity index (χ4v) is 1.69. The van der Waals surface area contributed by atoms with Gasteiger partial charge < -0.3 is 9.15 Å². The van der Waals surface area contributed by atoms with Crippen molar-refractivity contribution in [1.29, 1.82) is 0 Å². The second-order valence-electron chi connectivity index (χ2n) is 3.81. The molecular formula is C13H14ClNO2. The zero-order valence-corrected chi connectivity index (χ0v) is 10.8. The Labute approximate surface area is 105 Å². The monoisotopic (exact) mass is 251 g/mol. The Morgan fingerprint density at radius 1 is 1.29 bits per heavy atom. The molecule has 0 N–H and O–H groups in total. The Morgan fingerprint density at radius 2 is 1.94 bits per heavy atom. The van der Waals surface area contributed by atoms with Crippen molar-refractivity contribution >= 4 is 11.6 Å². The molecule has 1 aromatic heterocycles. The number of nitrogens with zero attached hydrogens (tertiary/aromatic N) is 1. The van der Waals surface area contributed by atoms with E-state index in [1.165, 1.54) is 0 Å². The van der Waals surface area contributed by atoms with E-state index in [1.807, 2.05) is 38.1 Å². The second-order valence-corrected chi connectivity index (χ2v) is 4.47. The molecule has 0 fully saturated rings. The summed E-state index contributed by atoms with van der Waals surface area (Å²) in [6, 6.07) is 7.66. The molecule has 0 saturated carbocycles. The van der Waals surface area contributed by atoms with Crippen LogP contribution in [0.2, 0.25) is 0 Å². The van der Waals surface area contributed by atoms with Crippen molar-refractivity contribution in [3.05, 3.63) is 35.9 Å². The summed E-state index contributed by atoms with van der Waals surface area (Å²) in [4.78, 5) is 4.30. The average Bonchev–Trinajstić information content (AvgIpc) is 2.72. The molecular weight excluding hydrogens is 238 g/mol. The number of oxazole rings is 1. The molecule has 0 aliphatic carbocycles. The maximum absolute atomic E-state index is 5.95. The van der Waals surface area contributed by atoms with E-state index < -0.39 is 0 Å². The number of hydrogen-bond acceptors (Lipinski definition) is 3. The van der Waals surface area contributed by atoms with E-state index in [9.17, 15) is 0 Å². The van der Waals surface area contributed by atoms with Crippen molar-refractivity contribution in [2.24, 2.45) is 0 Å². The third-order valence-electron chi connectivity index (χ3n) is 2.51. The van der Waals surface area contributed by atoms with Crippen LogP contribution >= 0.6 is 11.6 Å². The molecule has 3 nitrogen and oxygen atoms in total. The standard InChI is InChI=1S/C13H14ClNO2/c1-8(14)13-15-9(2)12(17-13)10-4-6-11(16-3)7-5-10/h4-8H,1-3H3. The highest BCUT2D eigenvalue weighted by Crippen LogP contribution is 2.29. The lowest BCUT2D eigenvalue weighted by atomic mass is 10.1. The fraction of sp³-hybridized carbons (Fsp3) is 0.308. The number of benzene rings is 1. The molecule has 2 rings (SSSR count). The second kappa shape index (κ2) is 4.80. The van der Waals surface area contributed by atoms with Gasteiger partial charge in [-0.3, -0.25) is 0 Å². The van der Waals surface area contributed by atoms with Gasteiger partial charge in [-0.05, 0) is 38.1 Å². The molecule has 0 bridgehead atoms. The lowest BCUT2D eigenvalue weighted by Gasteiger charge is -2.01. The SMILES string of the molecule is COc1ccc(-c2oc(C(C)Cl)nc2C)cc1. The normalized spacial score (nSPS) is 12.5. The predicted octanol–water partition coefficient (Wildman–Crippen LogP) is 3.96. The Morgan fingerprint density at radius 3 is 2.41 bits per heavy atom. The zero-order chi connectivity index (χ0) is 12.4. The first-order chi connectivity index (χ1) is 8.11. The Hall–Kier alpha value is -1.48. The van der Waals surface area contributed by atoms with Crippen LogP contribution in [0.15, 0.2) is 28.7 Å². The van der Waals surface area contributed by atoms with E-state index in [0.717, 1.165) is 22.8 Å². The van der Waals surface area contributed by atoms with Crippen molar-refractivity contribution in [1.82, 2.24) is 4.98 Å². The van der Waals surface area contributed by atoms with Crippen molar-refractivity contribution in [2.75, 3.05) is 7.11 Å². The molecule has 4 heteroatoms. The minimum Gasteiger partial charge on any atom is -0.497 e. The fourth-order valence-electron chi connectivity index (χ4n) is 1.60. The molecule has 0 amide bonds. The van der Waals surface area contributed by atoms with Crippen molar-refractivity contribution in [3.8, 4) is 17.1 Å². The summed E-state index contributed by atoms with van der Waals surface area (Å²) in [5.74, 6) is 2.13. The molecule has 0 saturated heterocycles. The number of hydrogen-bond donors (Lipinski definition) is 0. The summed E-state index contributed by atoms with van der Waals surface area (Å²) >= 11 is 5.95. The molecule has 1 heterocycles. The smallest absolute Gasteiger partial charge is 0.212 e. The van der Waals surface area contributed by atoms with Gasteiger partial charge in [0.15, 0.2) is 5.76 Å². The van der Waals surface area contributed by atoms with Gasteiger partial charge in [0.05, 0.1) is 12.8 Å². The van der Waals surface area contributed by atoms with Crippen molar-refractivity contribution in [3.63, 3.8) is 0 Å². The Kier molecular flexibility index (Phi) is 3.38. The van der Waals surface area contributed by atoms with Crippen LogP contribution in [-0.4, -0.2) is 12.1 Å². The van der Waals surface area contributed by atoms with Crippen LogP contribution in [0.1, 0.15) is 23.9 Å². The maximum atomic E-state index is 5.95. The molecule has 1 atom stereocenters. The lowest BCUT2D eigenvalue weighted by Crippen LogP contribution is -1.83. The van der Waals surface area contributed by atoms with Crippen LogP contribution in [0.4, 0.5) is 0 Å². The maximum Gasteiger partial charge on any atom is 0.212 e. The van der Waals surface area contributed by atoms with Gasteiger partial charge >= 0.3 is 0 Å². The van der Waals surface area contributed by atoms with Gasteiger partial charge in [0, 0.05) is 5.56 Å². The van der Waals surface area contributed by atoms with E-state index in [-0.39, 0.29) is 5.38 Å². The molecule has 90 valence electrons. The summed E-state index contributed by atoms with van der Waals surface area (Å²) < 4.78 is 10.8. The lowest BCUT2D eigenvalue weighted by molar-refractivity contribution is 0.415. The highest BCUT2D eigenvalue weighted by Gasteiger charge is 2.14. The average molecular weight is 252 g/mol. The van der Waals surface area contributed by atoms with Gasteiger partial charge in [-0.2, -0.15) is 0 Å². The number of aryl methyl sites for hydroxylation is 1. The first-order valence-corrected chi connectivity index (χ1v) is 5.81. The van der Waals surface area contributed by atoms with E-state index in [4.69, 9.17) is 20.8 Å². The Bertz CT molecular complexity index is 503. The molecule has 0 aliphatic rings. The molecule has 0 spiro atoms. The minimum absolute atomic E-state index is 0.222. The van der Waals surface area contributed by atoms with Gasteiger partial charge in [-0.25, -0.2) is 4.98 Å². The van der Waals surface area contributed by atoms with Gasteiger partial charge in [0.25, 0.3) is 0 Å². The third kappa shape index (κ3) is 2.44.